The summed E-state index contributed by atoms with van der Waals surface area (Å²) in [6, 6.07) is 0. The molecular formula is C13H22N4O2. The first-order valence-corrected chi connectivity index (χ1v) is 6.68. The highest BCUT2D eigenvalue weighted by atomic mass is 16.6. The van der Waals surface area contributed by atoms with Crippen molar-refractivity contribution in [1.29, 1.82) is 0 Å². The lowest BCUT2D eigenvalue weighted by Gasteiger charge is -2.19. The molecule has 1 aromatic heterocycles. The first kappa shape index (κ1) is 13.9. The largest absolute Gasteiger partial charge is 0.444 e. The Morgan fingerprint density at radius 1 is 1.47 bits per heavy atom. The van der Waals surface area contributed by atoms with Crippen molar-refractivity contribution in [2.24, 2.45) is 0 Å². The zero-order valence-electron chi connectivity index (χ0n) is 11.8. The van der Waals surface area contributed by atoms with Crippen molar-refractivity contribution in [3.05, 3.63) is 17.2 Å². The van der Waals surface area contributed by atoms with E-state index in [-0.39, 0.29) is 6.09 Å². The summed E-state index contributed by atoms with van der Waals surface area (Å²) in [6.07, 6.45) is 1.27. The maximum absolute atomic E-state index is 11.5. The number of H-pyrrole nitrogens is 1. The van der Waals surface area contributed by atoms with Crippen molar-refractivity contribution in [2.45, 2.75) is 45.8 Å². The van der Waals surface area contributed by atoms with E-state index in [9.17, 15) is 4.79 Å². The molecular weight excluding hydrogens is 244 g/mol. The molecule has 0 atom stereocenters. The fourth-order valence-electron chi connectivity index (χ4n) is 1.99. The second-order valence-corrected chi connectivity index (χ2v) is 5.71. The van der Waals surface area contributed by atoms with Crippen LogP contribution in [0.4, 0.5) is 4.79 Å². The van der Waals surface area contributed by atoms with Crippen LogP contribution in [0.1, 0.15) is 38.0 Å². The Bertz CT molecular complexity index is 424. The normalized spacial score (nSPS) is 14.9. The quantitative estimate of drug-likeness (QED) is 0.766. The fraction of sp³-hybridized carbons (Fsp3) is 0.692. The van der Waals surface area contributed by atoms with Crippen molar-refractivity contribution in [3.63, 3.8) is 0 Å². The summed E-state index contributed by atoms with van der Waals surface area (Å²) in [4.78, 5) is 19.3. The Balaban J connectivity index is 1.77. The highest BCUT2D eigenvalue weighted by Crippen LogP contribution is 2.11. The first-order chi connectivity index (χ1) is 8.94. The van der Waals surface area contributed by atoms with Gasteiger partial charge in [-0.2, -0.15) is 0 Å². The summed E-state index contributed by atoms with van der Waals surface area (Å²) < 4.78 is 5.17. The number of ether oxygens (including phenoxy) is 1. The Hall–Kier alpha value is -1.56. The Labute approximate surface area is 113 Å². The third-order valence-corrected chi connectivity index (χ3v) is 2.78. The van der Waals surface area contributed by atoms with Gasteiger partial charge in [-0.15, -0.1) is 0 Å². The molecule has 0 bridgehead atoms. The number of fused-ring (bicyclic) bond motifs is 1. The van der Waals surface area contributed by atoms with E-state index >= 15 is 0 Å². The third kappa shape index (κ3) is 4.24. The summed E-state index contributed by atoms with van der Waals surface area (Å²) in [6.45, 7) is 7.89. The first-order valence-electron chi connectivity index (χ1n) is 6.68. The number of amides is 1. The number of nitrogens with one attached hydrogen (secondary N) is 3. The molecule has 2 heterocycles. The second-order valence-electron chi connectivity index (χ2n) is 5.71. The van der Waals surface area contributed by atoms with Crippen LogP contribution in [0.2, 0.25) is 0 Å². The lowest BCUT2D eigenvalue weighted by atomic mass is 10.2. The average Bonchev–Trinajstić information content (AvgIpc) is 2.68. The minimum Gasteiger partial charge on any atom is -0.444 e. The molecule has 0 unspecified atom stereocenters. The number of rotatable bonds is 3. The Kier molecular flexibility index (Phi) is 4.09. The molecule has 0 radical (unpaired) electrons. The molecule has 0 fully saturated rings. The van der Waals surface area contributed by atoms with Gasteiger partial charge in [-0.05, 0) is 20.8 Å². The molecule has 19 heavy (non-hydrogen) atoms. The maximum Gasteiger partial charge on any atom is 0.407 e. The molecule has 106 valence electrons. The second kappa shape index (κ2) is 5.61. The van der Waals surface area contributed by atoms with Gasteiger partial charge < -0.3 is 20.4 Å². The van der Waals surface area contributed by atoms with Crippen molar-refractivity contribution in [1.82, 2.24) is 20.6 Å². The lowest BCUT2D eigenvalue weighted by molar-refractivity contribution is 0.0528. The van der Waals surface area contributed by atoms with Crippen LogP contribution in [-0.4, -0.2) is 34.8 Å². The fourth-order valence-corrected chi connectivity index (χ4v) is 1.99. The minimum absolute atomic E-state index is 0.384. The highest BCUT2D eigenvalue weighted by Gasteiger charge is 2.16. The van der Waals surface area contributed by atoms with Crippen LogP contribution in [0, 0.1) is 0 Å². The van der Waals surface area contributed by atoms with Gasteiger partial charge in [0.1, 0.15) is 11.4 Å². The predicted octanol–water partition coefficient (Wildman–Crippen LogP) is 1.12. The molecule has 0 saturated carbocycles. The van der Waals surface area contributed by atoms with E-state index in [1.807, 2.05) is 20.8 Å². The Morgan fingerprint density at radius 3 is 2.95 bits per heavy atom. The molecule has 0 saturated heterocycles. The topological polar surface area (TPSA) is 79.0 Å². The molecule has 6 nitrogen and oxygen atoms in total. The summed E-state index contributed by atoms with van der Waals surface area (Å²) in [5.74, 6) is 0.921. The standard InChI is InChI=1S/C13H22N4O2/c1-13(2,3)19-12(18)15-7-5-11-16-9-4-6-14-8-10(9)17-11/h14H,4-8H2,1-3H3,(H,15,18)(H,16,17). The van der Waals surface area contributed by atoms with Gasteiger partial charge in [0.25, 0.3) is 0 Å². The molecule has 1 aliphatic heterocycles. The lowest BCUT2D eigenvalue weighted by Crippen LogP contribution is -2.33. The number of hydrogen-bond acceptors (Lipinski definition) is 4. The molecule has 6 heteroatoms. The van der Waals surface area contributed by atoms with Crippen LogP contribution in [0.25, 0.3) is 0 Å². The van der Waals surface area contributed by atoms with Crippen molar-refractivity contribution >= 4 is 6.09 Å². The highest BCUT2D eigenvalue weighted by molar-refractivity contribution is 5.67. The monoisotopic (exact) mass is 266 g/mol. The van der Waals surface area contributed by atoms with Gasteiger partial charge in [0.2, 0.25) is 0 Å². The number of alkyl carbamates (subject to hydrolysis) is 1. The molecule has 1 amide bonds. The van der Waals surface area contributed by atoms with Crippen molar-refractivity contribution < 1.29 is 9.53 Å². The van der Waals surface area contributed by atoms with Crippen LogP contribution >= 0.6 is 0 Å². The van der Waals surface area contributed by atoms with Crippen molar-refractivity contribution in [3.8, 4) is 0 Å². The molecule has 0 aliphatic carbocycles. The molecule has 2 rings (SSSR count). The number of nitrogens with zero attached hydrogens (tertiary/aromatic N) is 1. The molecule has 3 N–H and O–H groups in total. The molecule has 1 aromatic rings. The number of aromatic amines is 1. The van der Waals surface area contributed by atoms with Gasteiger partial charge in [-0.25, -0.2) is 9.78 Å². The molecule has 0 spiro atoms. The number of imidazole rings is 1. The summed E-state index contributed by atoms with van der Waals surface area (Å²) in [5, 5.41) is 6.02. The van der Waals surface area contributed by atoms with Crippen LogP contribution in [-0.2, 0) is 24.1 Å². The summed E-state index contributed by atoms with van der Waals surface area (Å²) >= 11 is 0. The summed E-state index contributed by atoms with van der Waals surface area (Å²) in [7, 11) is 0. The van der Waals surface area contributed by atoms with Gasteiger partial charge in [0, 0.05) is 32.5 Å². The van der Waals surface area contributed by atoms with Crippen LogP contribution in [0.3, 0.4) is 0 Å². The van der Waals surface area contributed by atoms with E-state index in [0.29, 0.717) is 13.0 Å². The molecule has 1 aliphatic rings. The van der Waals surface area contributed by atoms with Gasteiger partial charge in [0.15, 0.2) is 0 Å². The smallest absolute Gasteiger partial charge is 0.407 e. The van der Waals surface area contributed by atoms with Gasteiger partial charge in [-0.3, -0.25) is 0 Å². The van der Waals surface area contributed by atoms with E-state index in [4.69, 9.17) is 4.74 Å². The average molecular weight is 266 g/mol. The zero-order valence-corrected chi connectivity index (χ0v) is 11.8. The number of carbonyl (C=O) groups is 1. The van der Waals surface area contributed by atoms with E-state index < -0.39 is 5.60 Å². The van der Waals surface area contributed by atoms with Crippen molar-refractivity contribution in [2.75, 3.05) is 13.1 Å². The number of aromatic nitrogens is 2. The van der Waals surface area contributed by atoms with Crippen LogP contribution in [0.15, 0.2) is 0 Å². The van der Waals surface area contributed by atoms with E-state index in [2.05, 4.69) is 20.6 Å². The van der Waals surface area contributed by atoms with Crippen LogP contribution in [0.5, 0.6) is 0 Å². The third-order valence-electron chi connectivity index (χ3n) is 2.78. The van der Waals surface area contributed by atoms with Crippen LogP contribution < -0.4 is 10.6 Å². The van der Waals surface area contributed by atoms with Gasteiger partial charge >= 0.3 is 6.09 Å². The molecule has 0 aromatic carbocycles. The Morgan fingerprint density at radius 2 is 2.26 bits per heavy atom. The van der Waals surface area contributed by atoms with E-state index in [1.165, 1.54) is 5.69 Å². The summed E-state index contributed by atoms with van der Waals surface area (Å²) in [5.41, 5.74) is 1.85. The van der Waals surface area contributed by atoms with E-state index in [0.717, 1.165) is 31.0 Å². The minimum atomic E-state index is -0.459. The number of hydrogen-bond donors (Lipinski definition) is 3. The SMILES string of the molecule is CC(C)(C)OC(=O)NCCc1nc2c([nH]1)CNCC2. The predicted molar refractivity (Wildman–Crippen MR) is 71.9 cm³/mol. The van der Waals surface area contributed by atoms with Gasteiger partial charge in [-0.1, -0.05) is 0 Å². The van der Waals surface area contributed by atoms with E-state index in [1.54, 1.807) is 0 Å². The zero-order chi connectivity index (χ0) is 13.9. The number of carbonyl (C=O) groups excluding carboxylic acids is 1. The van der Waals surface area contributed by atoms with Gasteiger partial charge in [0.05, 0.1) is 11.4 Å². The maximum atomic E-state index is 11.5.